The Balaban J connectivity index is 1.89. The summed E-state index contributed by atoms with van der Waals surface area (Å²) < 4.78 is 28.8. The number of hydrogen-bond donors (Lipinski definition) is 1. The molecular weight excluding hydrogens is 360 g/mol. The maximum Gasteiger partial charge on any atom is 0.240 e. The van der Waals surface area contributed by atoms with Gasteiger partial charge in [-0.3, -0.25) is 4.79 Å². The Morgan fingerprint density at radius 3 is 2.37 bits per heavy atom. The molecule has 5 nitrogen and oxygen atoms in total. The van der Waals surface area contributed by atoms with Gasteiger partial charge in [-0.15, -0.1) is 0 Å². The molecule has 0 spiro atoms. The third-order valence-electron chi connectivity index (χ3n) is 5.79. The summed E-state index contributed by atoms with van der Waals surface area (Å²) in [5, 5.41) is 0. The molecule has 2 aliphatic rings. The van der Waals surface area contributed by atoms with Gasteiger partial charge in [-0.1, -0.05) is 53.4 Å². The van der Waals surface area contributed by atoms with Crippen LogP contribution in [0.15, 0.2) is 23.1 Å². The number of nitrogens with one attached hydrogen (secondary N) is 1. The maximum atomic E-state index is 13.0. The molecule has 0 saturated heterocycles. The first-order valence-corrected chi connectivity index (χ1v) is 11.6. The molecular formula is C21H32N2O3S. The number of benzene rings is 1. The van der Waals surface area contributed by atoms with Gasteiger partial charge in [0.15, 0.2) is 0 Å². The highest BCUT2D eigenvalue weighted by Gasteiger charge is 2.39. The summed E-state index contributed by atoms with van der Waals surface area (Å²) in [7, 11) is -3.56. The van der Waals surface area contributed by atoms with E-state index in [1.165, 1.54) is 12.8 Å². The number of fused-ring (bicyclic) bond motifs is 1. The molecule has 1 aromatic carbocycles. The summed E-state index contributed by atoms with van der Waals surface area (Å²) >= 11 is 0. The lowest BCUT2D eigenvalue weighted by atomic mass is 9.87. The minimum atomic E-state index is -3.56. The van der Waals surface area contributed by atoms with Crippen LogP contribution >= 0.6 is 0 Å². The molecule has 1 aliphatic heterocycles. The first-order valence-electron chi connectivity index (χ1n) is 10.1. The topological polar surface area (TPSA) is 66.5 Å². The molecule has 1 N–H and O–H groups in total. The lowest BCUT2D eigenvalue weighted by molar-refractivity contribution is -0.121. The number of hydrogen-bond acceptors (Lipinski definition) is 3. The second kappa shape index (κ2) is 7.55. The zero-order chi connectivity index (χ0) is 19.8. The number of amides is 1. The summed E-state index contributed by atoms with van der Waals surface area (Å²) in [5.74, 6) is -0.0129. The highest BCUT2D eigenvalue weighted by atomic mass is 32.2. The van der Waals surface area contributed by atoms with Gasteiger partial charge in [-0.2, -0.15) is 0 Å². The van der Waals surface area contributed by atoms with Crippen LogP contribution in [0.4, 0.5) is 5.69 Å². The fourth-order valence-electron chi connectivity index (χ4n) is 4.22. The molecule has 1 amide bonds. The molecule has 0 radical (unpaired) electrons. The van der Waals surface area contributed by atoms with E-state index in [2.05, 4.69) is 18.6 Å². The van der Waals surface area contributed by atoms with Gasteiger partial charge in [0.1, 0.15) is 0 Å². The van der Waals surface area contributed by atoms with E-state index in [1.807, 2.05) is 13.8 Å². The predicted octanol–water partition coefficient (Wildman–Crippen LogP) is 3.97. The molecule has 1 saturated carbocycles. The Kier molecular flexibility index (Phi) is 5.69. The summed E-state index contributed by atoms with van der Waals surface area (Å²) in [5.41, 5.74) is 1.50. The van der Waals surface area contributed by atoms with Crippen molar-refractivity contribution in [3.63, 3.8) is 0 Å². The van der Waals surface area contributed by atoms with Crippen molar-refractivity contribution in [1.82, 2.24) is 4.72 Å². The molecule has 0 atom stereocenters. The Bertz CT molecular complexity index is 807. The number of carbonyl (C=O) groups excluding carboxylic acids is 1. The maximum absolute atomic E-state index is 13.0. The quantitative estimate of drug-likeness (QED) is 0.789. The molecule has 27 heavy (non-hydrogen) atoms. The van der Waals surface area contributed by atoms with Crippen molar-refractivity contribution >= 4 is 21.6 Å². The van der Waals surface area contributed by atoms with E-state index in [9.17, 15) is 13.2 Å². The van der Waals surface area contributed by atoms with E-state index in [1.54, 1.807) is 23.1 Å². The molecule has 1 aromatic rings. The van der Waals surface area contributed by atoms with Crippen LogP contribution in [0, 0.1) is 5.92 Å². The summed E-state index contributed by atoms with van der Waals surface area (Å²) in [6.07, 6.45) is 6.35. The normalized spacial score (nSPS) is 20.6. The van der Waals surface area contributed by atoms with E-state index in [-0.39, 0.29) is 23.3 Å². The molecule has 0 aromatic heterocycles. The van der Waals surface area contributed by atoms with Crippen molar-refractivity contribution in [2.75, 3.05) is 11.4 Å². The first-order chi connectivity index (χ1) is 12.6. The average molecular weight is 393 g/mol. The lowest BCUT2D eigenvalue weighted by Crippen LogP contribution is -2.36. The van der Waals surface area contributed by atoms with Crippen molar-refractivity contribution in [3.8, 4) is 0 Å². The third kappa shape index (κ3) is 4.21. The van der Waals surface area contributed by atoms with E-state index >= 15 is 0 Å². The summed E-state index contributed by atoms with van der Waals surface area (Å²) in [6, 6.07) is 5.23. The van der Waals surface area contributed by atoms with Gasteiger partial charge in [-0.25, -0.2) is 13.1 Å². The number of rotatable bonds is 4. The standard InChI is InChI=1S/C21H32N2O3S/c1-15(2)20(24)23-14-21(3,4)18-13-17(11-12-19(18)23)27(25,26)22-16-9-7-5-6-8-10-16/h11-13,15-16,22H,5-10,14H2,1-4H3. The van der Waals surface area contributed by atoms with Gasteiger partial charge >= 0.3 is 0 Å². The molecule has 150 valence electrons. The smallest absolute Gasteiger partial charge is 0.240 e. The van der Waals surface area contributed by atoms with E-state index in [0.29, 0.717) is 11.4 Å². The number of nitrogens with zero attached hydrogens (tertiary/aromatic N) is 1. The van der Waals surface area contributed by atoms with Crippen LogP contribution in [-0.2, 0) is 20.2 Å². The van der Waals surface area contributed by atoms with Crippen LogP contribution in [0.2, 0.25) is 0 Å². The third-order valence-corrected chi connectivity index (χ3v) is 7.31. The molecule has 0 unspecified atom stereocenters. The number of anilines is 1. The Morgan fingerprint density at radius 1 is 1.15 bits per heavy atom. The van der Waals surface area contributed by atoms with Crippen LogP contribution < -0.4 is 9.62 Å². The highest BCUT2D eigenvalue weighted by Crippen LogP contribution is 2.42. The van der Waals surface area contributed by atoms with Gasteiger partial charge in [-0.05, 0) is 36.6 Å². The second-order valence-corrected chi connectivity index (χ2v) is 10.7. The summed E-state index contributed by atoms with van der Waals surface area (Å²) in [4.78, 5) is 14.7. The number of sulfonamides is 1. The van der Waals surface area contributed by atoms with Crippen LogP contribution in [0.3, 0.4) is 0 Å². The Morgan fingerprint density at radius 2 is 1.78 bits per heavy atom. The van der Waals surface area contributed by atoms with Crippen LogP contribution in [0.25, 0.3) is 0 Å². The van der Waals surface area contributed by atoms with Crippen molar-refractivity contribution < 1.29 is 13.2 Å². The van der Waals surface area contributed by atoms with E-state index < -0.39 is 10.0 Å². The monoisotopic (exact) mass is 392 g/mol. The predicted molar refractivity (Wildman–Crippen MR) is 108 cm³/mol. The van der Waals surface area contributed by atoms with Crippen molar-refractivity contribution in [2.45, 2.75) is 82.6 Å². The average Bonchev–Trinajstić information content (AvgIpc) is 2.75. The lowest BCUT2D eigenvalue weighted by Gasteiger charge is -2.22. The van der Waals surface area contributed by atoms with Gasteiger partial charge in [0.25, 0.3) is 0 Å². The Hall–Kier alpha value is -1.40. The van der Waals surface area contributed by atoms with E-state index in [0.717, 1.165) is 36.9 Å². The summed E-state index contributed by atoms with van der Waals surface area (Å²) in [6.45, 7) is 8.49. The fourth-order valence-corrected chi connectivity index (χ4v) is 5.55. The second-order valence-electron chi connectivity index (χ2n) is 8.95. The van der Waals surface area contributed by atoms with Crippen LogP contribution in [0.1, 0.15) is 71.8 Å². The fraction of sp³-hybridized carbons (Fsp3) is 0.667. The highest BCUT2D eigenvalue weighted by molar-refractivity contribution is 7.89. The van der Waals surface area contributed by atoms with Gasteiger partial charge in [0.2, 0.25) is 15.9 Å². The SMILES string of the molecule is CC(C)C(=O)N1CC(C)(C)c2cc(S(=O)(=O)NC3CCCCCC3)ccc21. The molecule has 1 aliphatic carbocycles. The van der Waals surface area contributed by atoms with Crippen molar-refractivity contribution in [1.29, 1.82) is 0 Å². The molecule has 3 rings (SSSR count). The first kappa shape index (κ1) is 20.3. The largest absolute Gasteiger partial charge is 0.311 e. The zero-order valence-electron chi connectivity index (χ0n) is 16.9. The van der Waals surface area contributed by atoms with Gasteiger partial charge in [0.05, 0.1) is 4.90 Å². The molecule has 6 heteroatoms. The van der Waals surface area contributed by atoms with Crippen LogP contribution in [0.5, 0.6) is 0 Å². The van der Waals surface area contributed by atoms with Crippen molar-refractivity contribution in [2.24, 2.45) is 5.92 Å². The Labute approximate surface area is 163 Å². The minimum Gasteiger partial charge on any atom is -0.311 e. The number of carbonyl (C=O) groups is 1. The van der Waals surface area contributed by atoms with Gasteiger partial charge < -0.3 is 4.90 Å². The van der Waals surface area contributed by atoms with Crippen LogP contribution in [-0.4, -0.2) is 26.9 Å². The van der Waals surface area contributed by atoms with Gasteiger partial charge in [0, 0.05) is 29.6 Å². The minimum absolute atomic E-state index is 0.0257. The molecule has 0 bridgehead atoms. The molecule has 1 fully saturated rings. The van der Waals surface area contributed by atoms with E-state index in [4.69, 9.17) is 0 Å². The zero-order valence-corrected chi connectivity index (χ0v) is 17.7. The van der Waals surface area contributed by atoms with Crippen molar-refractivity contribution in [3.05, 3.63) is 23.8 Å². The molecule has 1 heterocycles.